The number of aromatic nitrogens is 4. The maximum Gasteiger partial charge on any atom is 0.333 e. The van der Waals surface area contributed by atoms with Crippen molar-refractivity contribution in [1.82, 2.24) is 30.2 Å². The Balaban J connectivity index is 1.32. The summed E-state index contributed by atoms with van der Waals surface area (Å²) in [4.78, 5) is 46.2. The lowest BCUT2D eigenvalue weighted by atomic mass is 10.2. The molecule has 6 N–H and O–H groups in total. The van der Waals surface area contributed by atoms with Gasteiger partial charge in [0.1, 0.15) is 11.9 Å². The second kappa shape index (κ2) is 10.6. The molecular formula is C20H21BrN8O4S. The predicted octanol–water partition coefficient (Wildman–Crippen LogP) is 1.91. The number of nitrogens with one attached hydrogen (secondary N) is 5. The Morgan fingerprint density at radius 3 is 2.91 bits per heavy atom. The molecule has 1 aliphatic heterocycles. The molecule has 1 fully saturated rings. The number of imidazole rings is 1. The van der Waals surface area contributed by atoms with E-state index in [-0.39, 0.29) is 17.0 Å². The van der Waals surface area contributed by atoms with Gasteiger partial charge in [-0.25, -0.2) is 14.3 Å². The highest BCUT2D eigenvalue weighted by atomic mass is 79.9. The number of thioether (sulfide) groups is 1. The Bertz CT molecular complexity index is 1260. The van der Waals surface area contributed by atoms with E-state index in [1.807, 2.05) is 0 Å². The third-order valence-corrected chi connectivity index (χ3v) is 6.26. The molecule has 0 bridgehead atoms. The van der Waals surface area contributed by atoms with E-state index < -0.39 is 11.7 Å². The number of rotatable bonds is 9. The highest BCUT2D eigenvalue weighted by Gasteiger charge is 2.27. The van der Waals surface area contributed by atoms with Crippen molar-refractivity contribution in [1.29, 1.82) is 0 Å². The molecule has 0 spiro atoms. The number of carbonyl (C=O) groups excluding carboxylic acids is 2. The zero-order chi connectivity index (χ0) is 24.1. The Morgan fingerprint density at radius 2 is 2.18 bits per heavy atom. The summed E-state index contributed by atoms with van der Waals surface area (Å²) >= 11 is 4.52. The van der Waals surface area contributed by atoms with Crippen LogP contribution in [0.5, 0.6) is 5.88 Å². The molecule has 34 heavy (non-hydrogen) atoms. The van der Waals surface area contributed by atoms with E-state index in [1.165, 1.54) is 6.20 Å². The number of benzene rings is 1. The van der Waals surface area contributed by atoms with E-state index in [9.17, 15) is 19.5 Å². The fourth-order valence-corrected chi connectivity index (χ4v) is 4.28. The number of hydrogen-bond acceptors (Lipinski definition) is 9. The van der Waals surface area contributed by atoms with Gasteiger partial charge in [0, 0.05) is 30.7 Å². The van der Waals surface area contributed by atoms with Crippen molar-refractivity contribution in [2.45, 2.75) is 12.5 Å². The summed E-state index contributed by atoms with van der Waals surface area (Å²) < 4.78 is 1.81. The number of aromatic hydroxyl groups is 1. The Morgan fingerprint density at radius 1 is 1.32 bits per heavy atom. The maximum atomic E-state index is 12.0. The summed E-state index contributed by atoms with van der Waals surface area (Å²) in [6.07, 6.45) is 3.47. The number of aromatic amines is 1. The molecule has 4 rings (SSSR count). The number of nitrogens with zero attached hydrogens (tertiary/aromatic N) is 3. The topological polar surface area (TPSA) is 166 Å². The van der Waals surface area contributed by atoms with Gasteiger partial charge in [-0.2, -0.15) is 4.98 Å². The van der Waals surface area contributed by atoms with E-state index in [0.29, 0.717) is 52.9 Å². The molecule has 1 aliphatic rings. The first-order chi connectivity index (χ1) is 16.4. The summed E-state index contributed by atoms with van der Waals surface area (Å²) in [5.41, 5.74) is 0.643. The molecular weight excluding hydrogens is 528 g/mol. The number of amides is 2. The third kappa shape index (κ3) is 5.69. The van der Waals surface area contributed by atoms with Crippen LogP contribution < -0.4 is 27.0 Å². The molecule has 1 saturated heterocycles. The lowest BCUT2D eigenvalue weighted by molar-refractivity contribution is -0.122. The normalized spacial score (nSPS) is 15.1. The minimum atomic E-state index is -0.478. The van der Waals surface area contributed by atoms with Gasteiger partial charge in [-0.05, 0) is 40.5 Å². The largest absolute Gasteiger partial charge is 0.493 e. The van der Waals surface area contributed by atoms with Crippen LogP contribution in [-0.4, -0.2) is 60.7 Å². The molecule has 178 valence electrons. The molecule has 0 unspecified atom stereocenters. The molecule has 12 nitrogen and oxygen atoms in total. The van der Waals surface area contributed by atoms with Gasteiger partial charge in [0.25, 0.3) is 5.24 Å². The molecule has 0 radical (unpaired) electrons. The molecule has 0 saturated carbocycles. The minimum Gasteiger partial charge on any atom is -0.493 e. The van der Waals surface area contributed by atoms with Crippen molar-refractivity contribution >= 4 is 56.3 Å². The second-order valence-electron chi connectivity index (χ2n) is 7.22. The second-order valence-corrected chi connectivity index (χ2v) is 9.07. The Labute approximate surface area is 206 Å². The van der Waals surface area contributed by atoms with Crippen LogP contribution in [0.4, 0.5) is 22.2 Å². The van der Waals surface area contributed by atoms with Crippen molar-refractivity contribution in [3.8, 4) is 11.6 Å². The van der Waals surface area contributed by atoms with Crippen LogP contribution in [0.3, 0.4) is 0 Å². The lowest BCUT2D eigenvalue weighted by Gasteiger charge is -2.12. The molecule has 3 heterocycles. The fraction of sp³-hybridized carbons (Fsp3) is 0.250. The van der Waals surface area contributed by atoms with Gasteiger partial charge in [-0.3, -0.25) is 9.59 Å². The van der Waals surface area contributed by atoms with Crippen LogP contribution in [-0.2, 0) is 4.79 Å². The van der Waals surface area contributed by atoms with Gasteiger partial charge in [-0.1, -0.05) is 17.8 Å². The monoisotopic (exact) mass is 548 g/mol. The van der Waals surface area contributed by atoms with Crippen molar-refractivity contribution in [3.63, 3.8) is 0 Å². The van der Waals surface area contributed by atoms with Gasteiger partial charge in [0.2, 0.25) is 17.7 Å². The first-order valence-corrected chi connectivity index (χ1v) is 12.0. The highest BCUT2D eigenvalue weighted by molar-refractivity contribution is 9.10. The zero-order valence-corrected chi connectivity index (χ0v) is 20.1. The SMILES string of the molecule is O=C1N[C@H](C(=O)NCCCNc2nc(Nc3cccc(-n4c(O)c[nH]c4=O)c3)ncc2Br)CS1. The smallest absolute Gasteiger partial charge is 0.333 e. The molecule has 2 amide bonds. The summed E-state index contributed by atoms with van der Waals surface area (Å²) in [6.45, 7) is 1.00. The Hall–Kier alpha value is -3.52. The van der Waals surface area contributed by atoms with Gasteiger partial charge in [0.05, 0.1) is 16.4 Å². The van der Waals surface area contributed by atoms with Crippen molar-refractivity contribution < 1.29 is 14.7 Å². The van der Waals surface area contributed by atoms with Crippen molar-refractivity contribution in [2.24, 2.45) is 0 Å². The zero-order valence-electron chi connectivity index (χ0n) is 17.7. The van der Waals surface area contributed by atoms with Gasteiger partial charge in [0.15, 0.2) is 0 Å². The number of H-pyrrole nitrogens is 1. The number of hydrogen-bond donors (Lipinski definition) is 6. The average molecular weight is 549 g/mol. The standard InChI is InChI=1S/C20H21BrN8O4S/c21-13-8-24-18(26-11-3-1-4-12(7-11)29-15(30)9-25-19(29)32)28-16(13)22-5-2-6-23-17(31)14-10-34-20(33)27-14/h1,3-4,7-9,14,30H,2,5-6,10H2,(H,23,31)(H,25,32)(H,27,33)(H2,22,24,26,28)/t14-/m0/s1. The van der Waals surface area contributed by atoms with Crippen LogP contribution in [0, 0.1) is 0 Å². The predicted molar refractivity (Wildman–Crippen MR) is 132 cm³/mol. The van der Waals surface area contributed by atoms with Crippen molar-refractivity contribution in [3.05, 3.63) is 51.6 Å². The summed E-state index contributed by atoms with van der Waals surface area (Å²) in [6, 6.07) is 6.41. The summed E-state index contributed by atoms with van der Waals surface area (Å²) in [7, 11) is 0. The lowest BCUT2D eigenvalue weighted by Crippen LogP contribution is -2.43. The van der Waals surface area contributed by atoms with E-state index in [4.69, 9.17) is 0 Å². The minimum absolute atomic E-state index is 0.178. The van der Waals surface area contributed by atoms with Crippen LogP contribution >= 0.6 is 27.7 Å². The third-order valence-electron chi connectivity index (χ3n) is 4.80. The van der Waals surface area contributed by atoms with Crippen LogP contribution in [0.15, 0.2) is 45.9 Å². The van der Waals surface area contributed by atoms with E-state index >= 15 is 0 Å². The molecule has 0 aliphatic carbocycles. The number of carbonyl (C=O) groups is 2. The molecule has 14 heteroatoms. The van der Waals surface area contributed by atoms with E-state index in [2.05, 4.69) is 52.1 Å². The molecule has 2 aromatic heterocycles. The van der Waals surface area contributed by atoms with E-state index in [1.54, 1.807) is 30.5 Å². The first-order valence-electron chi connectivity index (χ1n) is 10.2. The van der Waals surface area contributed by atoms with Gasteiger partial charge >= 0.3 is 5.69 Å². The maximum absolute atomic E-state index is 12.0. The van der Waals surface area contributed by atoms with Crippen molar-refractivity contribution in [2.75, 3.05) is 29.5 Å². The molecule has 1 atom stereocenters. The number of halogens is 1. The summed E-state index contributed by atoms with van der Waals surface area (Å²) in [5.74, 6) is 0.954. The van der Waals surface area contributed by atoms with E-state index in [0.717, 1.165) is 16.3 Å². The fourth-order valence-electron chi connectivity index (χ4n) is 3.17. The Kier molecular flexibility index (Phi) is 7.37. The van der Waals surface area contributed by atoms with Gasteiger partial charge in [-0.15, -0.1) is 0 Å². The van der Waals surface area contributed by atoms with Gasteiger partial charge < -0.3 is 31.4 Å². The van der Waals surface area contributed by atoms with Crippen LogP contribution in [0.1, 0.15) is 6.42 Å². The average Bonchev–Trinajstić information content (AvgIpc) is 3.40. The quantitative estimate of drug-likeness (QED) is 0.219. The highest BCUT2D eigenvalue weighted by Crippen LogP contribution is 2.23. The van der Waals surface area contributed by atoms with Crippen LogP contribution in [0.2, 0.25) is 0 Å². The molecule has 3 aromatic rings. The first kappa shape index (κ1) is 23.6. The van der Waals surface area contributed by atoms with Crippen LogP contribution in [0.25, 0.3) is 5.69 Å². The summed E-state index contributed by atoms with van der Waals surface area (Å²) in [5, 5.41) is 21.4. The number of anilines is 3. The molecule has 1 aromatic carbocycles.